The van der Waals surface area contributed by atoms with Gasteiger partial charge in [0.1, 0.15) is 0 Å². The minimum atomic E-state index is -3.61. The lowest BCUT2D eigenvalue weighted by Gasteiger charge is -2.14. The van der Waals surface area contributed by atoms with Crippen molar-refractivity contribution in [3.8, 4) is 0 Å². The van der Waals surface area contributed by atoms with E-state index in [4.69, 9.17) is 4.18 Å². The highest BCUT2D eigenvalue weighted by atomic mass is 32.2. The number of nitrogens with one attached hydrogen (secondary N) is 1. The van der Waals surface area contributed by atoms with Crippen molar-refractivity contribution >= 4 is 21.7 Å². The molecule has 1 N–H and O–H groups in total. The van der Waals surface area contributed by atoms with E-state index in [1.165, 1.54) is 19.9 Å². The fourth-order valence-corrected chi connectivity index (χ4v) is 2.53. The summed E-state index contributed by atoms with van der Waals surface area (Å²) in [5, 5.41) is 2.41. The molecule has 5 nitrogen and oxygen atoms in total. The van der Waals surface area contributed by atoms with E-state index in [-0.39, 0.29) is 24.1 Å². The number of benzene rings is 1. The lowest BCUT2D eigenvalue weighted by atomic mass is 10.0. The average Bonchev–Trinajstić information content (AvgIpc) is 2.30. The van der Waals surface area contributed by atoms with Crippen LogP contribution in [-0.2, 0) is 25.5 Å². The van der Waals surface area contributed by atoms with Crippen molar-refractivity contribution in [1.82, 2.24) is 0 Å². The molecule has 0 heterocycles. The Morgan fingerprint density at radius 1 is 1.38 bits per heavy atom. The molecule has 0 aromatic heterocycles. The van der Waals surface area contributed by atoms with E-state index in [1.807, 2.05) is 0 Å². The first-order chi connectivity index (χ1) is 9.60. The number of hydrogen-bond donors (Lipinski definition) is 1. The van der Waals surface area contributed by atoms with Crippen molar-refractivity contribution < 1.29 is 26.2 Å². The van der Waals surface area contributed by atoms with Gasteiger partial charge in [-0.05, 0) is 31.9 Å². The average molecular weight is 321 g/mol. The Balaban J connectivity index is 2.90. The third-order valence-corrected chi connectivity index (χ3v) is 3.32. The fraction of sp³-hybridized carbons (Fsp3) is 0.462. The van der Waals surface area contributed by atoms with Crippen LogP contribution in [0.3, 0.4) is 0 Å². The number of amides is 1. The highest BCUT2D eigenvalue weighted by molar-refractivity contribution is 7.86. The molecule has 118 valence electrons. The van der Waals surface area contributed by atoms with Gasteiger partial charge in [0.25, 0.3) is 10.1 Å². The van der Waals surface area contributed by atoms with Gasteiger partial charge >= 0.3 is 0 Å². The molecule has 1 amide bonds. The molecule has 0 aliphatic carbocycles. The molecule has 1 atom stereocenters. The minimum absolute atomic E-state index is 0.0193. The Morgan fingerprint density at radius 3 is 2.52 bits per heavy atom. The second kappa shape index (κ2) is 6.95. The number of halogens is 2. The molecule has 0 aliphatic heterocycles. The fourth-order valence-electron chi connectivity index (χ4n) is 1.84. The number of hydrogen-bond acceptors (Lipinski definition) is 4. The zero-order valence-electron chi connectivity index (χ0n) is 11.9. The third-order valence-electron chi connectivity index (χ3n) is 2.65. The Morgan fingerprint density at radius 2 is 2.00 bits per heavy atom. The highest BCUT2D eigenvalue weighted by Gasteiger charge is 2.17. The Bertz CT molecular complexity index is 631. The predicted octanol–water partition coefficient (Wildman–Crippen LogP) is 2.22. The van der Waals surface area contributed by atoms with Gasteiger partial charge < -0.3 is 5.32 Å². The molecular formula is C13H17F2NO4S. The van der Waals surface area contributed by atoms with Crippen LogP contribution in [0.15, 0.2) is 12.1 Å². The van der Waals surface area contributed by atoms with Crippen LogP contribution in [0.2, 0.25) is 0 Å². The van der Waals surface area contributed by atoms with Gasteiger partial charge in [-0.2, -0.15) is 8.42 Å². The normalized spacial score (nSPS) is 13.0. The summed E-state index contributed by atoms with van der Waals surface area (Å²) in [6.45, 7) is 2.76. The molecule has 0 unspecified atom stereocenters. The zero-order valence-corrected chi connectivity index (χ0v) is 12.8. The van der Waals surface area contributed by atoms with E-state index in [2.05, 4.69) is 5.32 Å². The van der Waals surface area contributed by atoms with Gasteiger partial charge in [0.05, 0.1) is 12.4 Å². The molecule has 0 saturated carbocycles. The number of rotatable bonds is 6. The van der Waals surface area contributed by atoms with E-state index >= 15 is 0 Å². The number of carbonyl (C=O) groups excluding carboxylic acids is 1. The van der Waals surface area contributed by atoms with E-state index in [9.17, 15) is 22.0 Å². The molecular weight excluding hydrogens is 304 g/mol. The van der Waals surface area contributed by atoms with Crippen molar-refractivity contribution in [2.75, 3.05) is 11.6 Å². The first kappa shape index (κ1) is 17.5. The smallest absolute Gasteiger partial charge is 0.264 e. The maximum Gasteiger partial charge on any atom is 0.264 e. The second-order valence-corrected chi connectivity index (χ2v) is 6.32. The molecule has 1 aromatic carbocycles. The van der Waals surface area contributed by atoms with Gasteiger partial charge in [0.15, 0.2) is 11.6 Å². The van der Waals surface area contributed by atoms with Crippen molar-refractivity contribution in [2.45, 2.75) is 32.8 Å². The Hall–Kier alpha value is -1.54. The van der Waals surface area contributed by atoms with Gasteiger partial charge in [-0.25, -0.2) is 8.78 Å². The van der Waals surface area contributed by atoms with Gasteiger partial charge in [-0.15, -0.1) is 0 Å². The molecule has 0 bridgehead atoms. The van der Waals surface area contributed by atoms with E-state index in [0.717, 1.165) is 12.3 Å². The van der Waals surface area contributed by atoms with Crippen LogP contribution in [0.25, 0.3) is 0 Å². The summed E-state index contributed by atoms with van der Waals surface area (Å²) in [6, 6.07) is 2.18. The van der Waals surface area contributed by atoms with Crippen LogP contribution < -0.4 is 5.32 Å². The first-order valence-electron chi connectivity index (χ1n) is 6.23. The summed E-state index contributed by atoms with van der Waals surface area (Å²) in [7, 11) is -3.61. The van der Waals surface area contributed by atoms with Crippen LogP contribution >= 0.6 is 0 Å². The molecule has 0 radical (unpaired) electrons. The topological polar surface area (TPSA) is 72.5 Å². The van der Waals surface area contributed by atoms with Gasteiger partial charge in [0.2, 0.25) is 5.91 Å². The second-order valence-electron chi connectivity index (χ2n) is 4.72. The van der Waals surface area contributed by atoms with Gasteiger partial charge in [0, 0.05) is 18.2 Å². The molecule has 1 rings (SSSR count). The largest absolute Gasteiger partial charge is 0.326 e. The lowest BCUT2D eigenvalue weighted by molar-refractivity contribution is -0.114. The van der Waals surface area contributed by atoms with Crippen molar-refractivity contribution in [3.05, 3.63) is 29.3 Å². The van der Waals surface area contributed by atoms with Crippen molar-refractivity contribution in [1.29, 1.82) is 0 Å². The predicted molar refractivity (Wildman–Crippen MR) is 74.4 cm³/mol. The summed E-state index contributed by atoms with van der Waals surface area (Å²) < 4.78 is 53.8. The molecule has 0 saturated heterocycles. The quantitative estimate of drug-likeness (QED) is 0.816. The van der Waals surface area contributed by atoms with E-state index in [0.29, 0.717) is 0 Å². The molecule has 21 heavy (non-hydrogen) atoms. The highest BCUT2D eigenvalue weighted by Crippen LogP contribution is 2.24. The van der Waals surface area contributed by atoms with Crippen LogP contribution in [0.5, 0.6) is 0 Å². The summed E-state index contributed by atoms with van der Waals surface area (Å²) in [6.07, 6.45) is 0.401. The van der Waals surface area contributed by atoms with Crippen molar-refractivity contribution in [2.24, 2.45) is 0 Å². The number of anilines is 1. The number of carbonyl (C=O) groups is 1. The third kappa shape index (κ3) is 5.76. The monoisotopic (exact) mass is 321 g/mol. The summed E-state index contributed by atoms with van der Waals surface area (Å²) in [5.41, 5.74) is 0.141. The van der Waals surface area contributed by atoms with Crippen LogP contribution in [-0.4, -0.2) is 26.7 Å². The van der Waals surface area contributed by atoms with Gasteiger partial charge in [-0.1, -0.05) is 0 Å². The van der Waals surface area contributed by atoms with E-state index in [1.54, 1.807) is 0 Å². The molecule has 0 fully saturated rings. The lowest BCUT2D eigenvalue weighted by Crippen LogP contribution is -2.16. The maximum atomic E-state index is 13.8. The minimum Gasteiger partial charge on any atom is -0.326 e. The van der Waals surface area contributed by atoms with Gasteiger partial charge in [-0.3, -0.25) is 8.98 Å². The van der Waals surface area contributed by atoms with E-state index < -0.39 is 33.8 Å². The molecule has 1 aromatic rings. The Kier molecular flexibility index (Phi) is 5.79. The van der Waals surface area contributed by atoms with Crippen LogP contribution in [0, 0.1) is 11.6 Å². The zero-order chi connectivity index (χ0) is 16.2. The Labute approximate surface area is 122 Å². The summed E-state index contributed by atoms with van der Waals surface area (Å²) >= 11 is 0. The standard InChI is InChI=1S/C13H17F2NO4S/c1-8(20-21(3,18)19)4-5-10-12(16-9(2)17)7-6-11(14)13(10)15/h6-8H,4-5H2,1-3H3,(H,16,17)/t8-/m1/s1. The SMILES string of the molecule is CC(=O)Nc1ccc(F)c(F)c1CC[C@@H](C)OS(C)(=O)=O. The molecule has 8 heteroatoms. The summed E-state index contributed by atoms with van der Waals surface area (Å²) in [4.78, 5) is 11.1. The van der Waals surface area contributed by atoms with Crippen molar-refractivity contribution in [3.63, 3.8) is 0 Å². The van der Waals surface area contributed by atoms with Crippen LogP contribution in [0.1, 0.15) is 25.8 Å². The van der Waals surface area contributed by atoms with Crippen LogP contribution in [0.4, 0.5) is 14.5 Å². The summed E-state index contributed by atoms with van der Waals surface area (Å²) in [5.74, 6) is -2.51. The first-order valence-corrected chi connectivity index (χ1v) is 8.04. The maximum absolute atomic E-state index is 13.8. The molecule has 0 aliphatic rings. The molecule has 0 spiro atoms.